The first-order valence-electron chi connectivity index (χ1n) is 6.26. The predicted octanol–water partition coefficient (Wildman–Crippen LogP) is 2.03. The fourth-order valence-corrected chi connectivity index (χ4v) is 1.78. The van der Waals surface area contributed by atoms with Crippen molar-refractivity contribution >= 4 is 23.3 Å². The molecule has 0 saturated heterocycles. The summed E-state index contributed by atoms with van der Waals surface area (Å²) in [4.78, 5) is 24.3. The Kier molecular flexibility index (Phi) is 5.85. The Balaban J connectivity index is 2.74. The van der Waals surface area contributed by atoms with Gasteiger partial charge in [0.15, 0.2) is 0 Å². The average molecular weight is 264 g/mol. The predicted molar refractivity (Wildman–Crippen MR) is 75.3 cm³/mol. The van der Waals surface area contributed by atoms with Crippen molar-refractivity contribution in [2.75, 3.05) is 30.4 Å². The first kappa shape index (κ1) is 15.0. The summed E-state index contributed by atoms with van der Waals surface area (Å²) in [6.45, 7) is 4.86. The molecule has 0 unspecified atom stereocenters. The van der Waals surface area contributed by atoms with Crippen molar-refractivity contribution in [1.82, 2.24) is 0 Å². The number of carbonyl (C=O) groups excluding carboxylic acids is 2. The number of nitrogens with one attached hydrogen (secondary N) is 1. The zero-order chi connectivity index (χ0) is 14.3. The third-order valence-corrected chi connectivity index (χ3v) is 2.73. The smallest absolute Gasteiger partial charge is 0.307 e. The van der Waals surface area contributed by atoms with Gasteiger partial charge in [0, 0.05) is 31.4 Å². The topological polar surface area (TPSA) is 58.6 Å². The molecule has 5 nitrogen and oxygen atoms in total. The largest absolute Gasteiger partial charge is 0.469 e. The molecule has 0 heterocycles. The van der Waals surface area contributed by atoms with Crippen LogP contribution in [0.3, 0.4) is 0 Å². The number of hydrogen-bond acceptors (Lipinski definition) is 4. The summed E-state index contributed by atoms with van der Waals surface area (Å²) >= 11 is 0. The highest BCUT2D eigenvalue weighted by atomic mass is 16.5. The SMILES string of the molecule is CCN(CCC(=O)OC)c1cccc(NC(C)=O)c1. The van der Waals surface area contributed by atoms with Gasteiger partial charge in [-0.15, -0.1) is 0 Å². The second-order valence-corrected chi connectivity index (χ2v) is 4.14. The minimum absolute atomic E-state index is 0.102. The van der Waals surface area contributed by atoms with E-state index in [0.29, 0.717) is 13.0 Å². The standard InChI is InChI=1S/C14H20N2O3/c1-4-16(9-8-14(18)19-3)13-7-5-6-12(10-13)15-11(2)17/h5-7,10H,4,8-9H2,1-3H3,(H,15,17). The van der Waals surface area contributed by atoms with Crippen LogP contribution in [-0.4, -0.2) is 32.1 Å². The van der Waals surface area contributed by atoms with Crippen LogP contribution < -0.4 is 10.2 Å². The van der Waals surface area contributed by atoms with Gasteiger partial charge in [-0.05, 0) is 25.1 Å². The van der Waals surface area contributed by atoms with Crippen molar-refractivity contribution in [3.63, 3.8) is 0 Å². The molecule has 0 aliphatic heterocycles. The molecule has 0 aliphatic rings. The fraction of sp³-hybridized carbons (Fsp3) is 0.429. The van der Waals surface area contributed by atoms with E-state index in [4.69, 9.17) is 0 Å². The van der Waals surface area contributed by atoms with Gasteiger partial charge in [-0.2, -0.15) is 0 Å². The molecule has 1 amide bonds. The van der Waals surface area contributed by atoms with E-state index in [0.717, 1.165) is 17.9 Å². The Labute approximate surface area is 113 Å². The van der Waals surface area contributed by atoms with Crippen LogP contribution in [0.5, 0.6) is 0 Å². The van der Waals surface area contributed by atoms with Gasteiger partial charge in [0.05, 0.1) is 13.5 Å². The molecule has 0 aliphatic carbocycles. The lowest BCUT2D eigenvalue weighted by Gasteiger charge is -2.23. The number of methoxy groups -OCH3 is 1. The van der Waals surface area contributed by atoms with Crippen LogP contribution in [0.2, 0.25) is 0 Å². The van der Waals surface area contributed by atoms with Gasteiger partial charge in [0.1, 0.15) is 0 Å². The Bertz CT molecular complexity index is 446. The molecule has 1 aromatic rings. The number of rotatable bonds is 6. The van der Waals surface area contributed by atoms with E-state index in [1.807, 2.05) is 31.2 Å². The van der Waals surface area contributed by atoms with E-state index in [1.165, 1.54) is 14.0 Å². The third-order valence-electron chi connectivity index (χ3n) is 2.73. The van der Waals surface area contributed by atoms with Crippen LogP contribution in [0.15, 0.2) is 24.3 Å². The number of carbonyl (C=O) groups is 2. The summed E-state index contributed by atoms with van der Waals surface area (Å²) in [5.41, 5.74) is 1.72. The van der Waals surface area contributed by atoms with Crippen LogP contribution >= 0.6 is 0 Å². The Morgan fingerprint density at radius 1 is 1.37 bits per heavy atom. The van der Waals surface area contributed by atoms with Crippen LogP contribution in [0.1, 0.15) is 20.3 Å². The summed E-state index contributed by atoms with van der Waals surface area (Å²) in [6, 6.07) is 7.55. The van der Waals surface area contributed by atoms with Crippen molar-refractivity contribution in [2.45, 2.75) is 20.3 Å². The Morgan fingerprint density at radius 2 is 2.11 bits per heavy atom. The van der Waals surface area contributed by atoms with Gasteiger partial charge in [-0.1, -0.05) is 6.07 Å². The summed E-state index contributed by atoms with van der Waals surface area (Å²) in [7, 11) is 1.38. The number of nitrogens with zero attached hydrogens (tertiary/aromatic N) is 1. The van der Waals surface area contributed by atoms with Crippen LogP contribution in [0.25, 0.3) is 0 Å². The number of esters is 1. The molecular formula is C14H20N2O3. The molecule has 19 heavy (non-hydrogen) atoms. The minimum atomic E-state index is -0.225. The van der Waals surface area contributed by atoms with Crippen LogP contribution in [0, 0.1) is 0 Å². The zero-order valence-electron chi connectivity index (χ0n) is 11.6. The second kappa shape index (κ2) is 7.41. The van der Waals surface area contributed by atoms with Gasteiger partial charge in [0.2, 0.25) is 5.91 Å². The average Bonchev–Trinajstić information content (AvgIpc) is 2.38. The number of amides is 1. The normalized spacial score (nSPS) is 9.84. The quantitative estimate of drug-likeness (QED) is 0.799. The number of anilines is 2. The van der Waals surface area contributed by atoms with E-state index in [2.05, 4.69) is 15.0 Å². The monoisotopic (exact) mass is 264 g/mol. The van der Waals surface area contributed by atoms with E-state index in [-0.39, 0.29) is 11.9 Å². The first-order valence-corrected chi connectivity index (χ1v) is 6.26. The molecule has 1 N–H and O–H groups in total. The van der Waals surface area contributed by atoms with Gasteiger partial charge in [-0.3, -0.25) is 9.59 Å². The highest BCUT2D eigenvalue weighted by Gasteiger charge is 2.08. The van der Waals surface area contributed by atoms with Gasteiger partial charge in [0.25, 0.3) is 0 Å². The maximum atomic E-state index is 11.2. The molecule has 0 spiro atoms. The fourth-order valence-electron chi connectivity index (χ4n) is 1.78. The highest BCUT2D eigenvalue weighted by molar-refractivity contribution is 5.89. The summed E-state index contributed by atoms with van der Waals surface area (Å²) in [6.07, 6.45) is 0.342. The maximum absolute atomic E-state index is 11.2. The molecule has 1 aromatic carbocycles. The number of benzene rings is 1. The maximum Gasteiger partial charge on any atom is 0.307 e. The number of hydrogen-bond donors (Lipinski definition) is 1. The van der Waals surface area contributed by atoms with E-state index >= 15 is 0 Å². The summed E-state index contributed by atoms with van der Waals surface area (Å²) < 4.78 is 4.63. The molecule has 0 aromatic heterocycles. The minimum Gasteiger partial charge on any atom is -0.469 e. The molecule has 0 fully saturated rings. The molecular weight excluding hydrogens is 244 g/mol. The highest BCUT2D eigenvalue weighted by Crippen LogP contribution is 2.19. The van der Waals surface area contributed by atoms with Crippen molar-refractivity contribution in [3.05, 3.63) is 24.3 Å². The van der Waals surface area contributed by atoms with E-state index in [9.17, 15) is 9.59 Å². The summed E-state index contributed by atoms with van der Waals surface area (Å²) in [5.74, 6) is -0.328. The number of ether oxygens (including phenoxy) is 1. The third kappa shape index (κ3) is 4.99. The van der Waals surface area contributed by atoms with Gasteiger partial charge < -0.3 is 15.0 Å². The lowest BCUT2D eigenvalue weighted by molar-refractivity contribution is -0.140. The lowest BCUT2D eigenvalue weighted by Crippen LogP contribution is -2.26. The molecule has 0 bridgehead atoms. The van der Waals surface area contributed by atoms with Gasteiger partial charge in [-0.25, -0.2) is 0 Å². The Morgan fingerprint density at radius 3 is 2.68 bits per heavy atom. The van der Waals surface area contributed by atoms with Crippen molar-refractivity contribution in [1.29, 1.82) is 0 Å². The summed E-state index contributed by atoms with van der Waals surface area (Å²) in [5, 5.41) is 2.74. The first-order chi connectivity index (χ1) is 9.06. The molecule has 104 valence electrons. The molecule has 0 saturated carbocycles. The van der Waals surface area contributed by atoms with Crippen LogP contribution in [-0.2, 0) is 14.3 Å². The van der Waals surface area contributed by atoms with E-state index in [1.54, 1.807) is 0 Å². The lowest BCUT2D eigenvalue weighted by atomic mass is 10.2. The second-order valence-electron chi connectivity index (χ2n) is 4.14. The van der Waals surface area contributed by atoms with Crippen molar-refractivity contribution in [3.8, 4) is 0 Å². The van der Waals surface area contributed by atoms with Gasteiger partial charge >= 0.3 is 5.97 Å². The van der Waals surface area contributed by atoms with E-state index < -0.39 is 0 Å². The molecule has 0 radical (unpaired) electrons. The van der Waals surface area contributed by atoms with Crippen molar-refractivity contribution in [2.24, 2.45) is 0 Å². The Hall–Kier alpha value is -2.04. The molecule has 1 rings (SSSR count). The zero-order valence-corrected chi connectivity index (χ0v) is 11.6. The molecule has 5 heteroatoms. The molecule has 0 atom stereocenters. The van der Waals surface area contributed by atoms with Crippen molar-refractivity contribution < 1.29 is 14.3 Å². The van der Waals surface area contributed by atoms with Crippen LogP contribution in [0.4, 0.5) is 11.4 Å².